The van der Waals surface area contributed by atoms with Gasteiger partial charge in [-0.1, -0.05) is 106 Å². The summed E-state index contributed by atoms with van der Waals surface area (Å²) < 4.78 is 3.22. The first-order chi connectivity index (χ1) is 13.7. The van der Waals surface area contributed by atoms with Crippen LogP contribution >= 0.6 is 27.7 Å². The van der Waals surface area contributed by atoms with E-state index >= 15 is 0 Å². The second-order valence-corrected chi connectivity index (χ2v) is 8.43. The zero-order valence-electron chi connectivity index (χ0n) is 15.5. The molecule has 0 aliphatic heterocycles. The molecular weight excluding hydrogens is 430 g/mol. The molecule has 0 bridgehead atoms. The standard InChI is InChI=1S/C23H20BrN3S/c1-17-11-13-19(14-12-17)16-28-23-26-25-22(20-9-5-6-10-21(20)24)27(23)15-18-7-3-2-4-8-18/h2-14H,15-16H2,1H3. The lowest BCUT2D eigenvalue weighted by Gasteiger charge is -2.11. The molecule has 0 spiro atoms. The van der Waals surface area contributed by atoms with Crippen LogP contribution in [0.2, 0.25) is 0 Å². The lowest BCUT2D eigenvalue weighted by atomic mass is 10.2. The van der Waals surface area contributed by atoms with Crippen LogP contribution in [0.15, 0.2) is 88.5 Å². The summed E-state index contributed by atoms with van der Waals surface area (Å²) in [5, 5.41) is 9.98. The molecule has 4 aromatic rings. The maximum atomic E-state index is 4.53. The minimum absolute atomic E-state index is 0.737. The molecule has 0 unspecified atom stereocenters. The molecule has 0 saturated carbocycles. The summed E-state index contributed by atoms with van der Waals surface area (Å²) in [6.45, 7) is 2.85. The number of rotatable bonds is 6. The number of benzene rings is 3. The van der Waals surface area contributed by atoms with Crippen molar-refractivity contribution in [2.75, 3.05) is 0 Å². The van der Waals surface area contributed by atoms with E-state index in [1.807, 2.05) is 24.3 Å². The van der Waals surface area contributed by atoms with E-state index in [1.165, 1.54) is 16.7 Å². The van der Waals surface area contributed by atoms with Crippen LogP contribution in [0.4, 0.5) is 0 Å². The summed E-state index contributed by atoms with van der Waals surface area (Å²) in [4.78, 5) is 0. The van der Waals surface area contributed by atoms with Crippen LogP contribution in [0.25, 0.3) is 11.4 Å². The van der Waals surface area contributed by atoms with Crippen LogP contribution in [-0.2, 0) is 12.3 Å². The summed E-state index contributed by atoms with van der Waals surface area (Å²) >= 11 is 5.38. The van der Waals surface area contributed by atoms with E-state index in [1.54, 1.807) is 11.8 Å². The third-order valence-electron chi connectivity index (χ3n) is 4.50. The molecule has 0 saturated heterocycles. The highest BCUT2D eigenvalue weighted by atomic mass is 79.9. The minimum Gasteiger partial charge on any atom is -0.298 e. The van der Waals surface area contributed by atoms with E-state index in [0.717, 1.165) is 33.3 Å². The zero-order valence-corrected chi connectivity index (χ0v) is 18.0. The van der Waals surface area contributed by atoms with Crippen molar-refractivity contribution in [1.29, 1.82) is 0 Å². The van der Waals surface area contributed by atoms with Gasteiger partial charge < -0.3 is 0 Å². The van der Waals surface area contributed by atoms with Crippen molar-refractivity contribution in [3.05, 3.63) is 100 Å². The summed E-state index contributed by atoms with van der Waals surface area (Å²) in [6.07, 6.45) is 0. The fraction of sp³-hybridized carbons (Fsp3) is 0.130. The second-order valence-electron chi connectivity index (χ2n) is 6.63. The topological polar surface area (TPSA) is 30.7 Å². The van der Waals surface area contributed by atoms with Gasteiger partial charge in [-0.05, 0) is 24.1 Å². The first kappa shape index (κ1) is 19.0. The Morgan fingerprint density at radius 1 is 0.821 bits per heavy atom. The van der Waals surface area contributed by atoms with Crippen molar-refractivity contribution in [3.63, 3.8) is 0 Å². The smallest absolute Gasteiger partial charge is 0.192 e. The Hall–Kier alpha value is -2.37. The molecule has 0 amide bonds. The maximum absolute atomic E-state index is 4.53. The first-order valence-electron chi connectivity index (χ1n) is 9.11. The number of halogens is 1. The molecule has 0 fully saturated rings. The first-order valence-corrected chi connectivity index (χ1v) is 10.9. The number of nitrogens with zero attached hydrogens (tertiary/aromatic N) is 3. The van der Waals surface area contributed by atoms with E-state index in [2.05, 4.69) is 92.2 Å². The van der Waals surface area contributed by atoms with Crippen LogP contribution in [0.5, 0.6) is 0 Å². The predicted molar refractivity (Wildman–Crippen MR) is 119 cm³/mol. The quantitative estimate of drug-likeness (QED) is 0.321. The summed E-state index contributed by atoms with van der Waals surface area (Å²) in [6, 6.07) is 27.2. The molecule has 140 valence electrons. The van der Waals surface area contributed by atoms with Crippen molar-refractivity contribution in [1.82, 2.24) is 14.8 Å². The largest absolute Gasteiger partial charge is 0.298 e. The number of aryl methyl sites for hydroxylation is 1. The highest BCUT2D eigenvalue weighted by molar-refractivity contribution is 9.10. The third-order valence-corrected chi connectivity index (χ3v) is 6.23. The van der Waals surface area contributed by atoms with Gasteiger partial charge in [0.15, 0.2) is 11.0 Å². The van der Waals surface area contributed by atoms with Crippen LogP contribution in [0.3, 0.4) is 0 Å². The summed E-state index contributed by atoms with van der Waals surface area (Å²) in [5.74, 6) is 1.74. The van der Waals surface area contributed by atoms with Gasteiger partial charge in [0, 0.05) is 15.8 Å². The Morgan fingerprint density at radius 2 is 1.54 bits per heavy atom. The Morgan fingerprint density at radius 3 is 2.29 bits per heavy atom. The maximum Gasteiger partial charge on any atom is 0.192 e. The van der Waals surface area contributed by atoms with Gasteiger partial charge in [-0.25, -0.2) is 0 Å². The van der Waals surface area contributed by atoms with E-state index in [4.69, 9.17) is 0 Å². The Bertz CT molecular complexity index is 1060. The molecule has 3 aromatic carbocycles. The molecule has 1 aromatic heterocycles. The van der Waals surface area contributed by atoms with Crippen molar-refractivity contribution in [3.8, 4) is 11.4 Å². The van der Waals surface area contributed by atoms with Crippen molar-refractivity contribution in [2.24, 2.45) is 0 Å². The lowest BCUT2D eigenvalue weighted by molar-refractivity contribution is 0.714. The van der Waals surface area contributed by atoms with E-state index in [9.17, 15) is 0 Å². The van der Waals surface area contributed by atoms with Crippen molar-refractivity contribution in [2.45, 2.75) is 24.4 Å². The molecule has 0 aliphatic rings. The van der Waals surface area contributed by atoms with Gasteiger partial charge in [0.1, 0.15) is 0 Å². The zero-order chi connectivity index (χ0) is 19.3. The van der Waals surface area contributed by atoms with Gasteiger partial charge in [-0.15, -0.1) is 10.2 Å². The van der Waals surface area contributed by atoms with Crippen LogP contribution < -0.4 is 0 Å². The molecule has 0 aliphatic carbocycles. The van der Waals surface area contributed by atoms with E-state index in [-0.39, 0.29) is 0 Å². The van der Waals surface area contributed by atoms with E-state index < -0.39 is 0 Å². The van der Waals surface area contributed by atoms with Crippen LogP contribution in [-0.4, -0.2) is 14.8 Å². The molecule has 3 nitrogen and oxygen atoms in total. The predicted octanol–water partition coefficient (Wildman–Crippen LogP) is 6.36. The fourth-order valence-corrected chi connectivity index (χ4v) is 4.33. The third kappa shape index (κ3) is 4.37. The Balaban J connectivity index is 1.67. The molecule has 28 heavy (non-hydrogen) atoms. The normalized spacial score (nSPS) is 10.9. The van der Waals surface area contributed by atoms with Crippen LogP contribution in [0, 0.1) is 6.92 Å². The second kappa shape index (κ2) is 8.76. The molecule has 0 N–H and O–H groups in total. The van der Waals surface area contributed by atoms with Gasteiger partial charge in [0.25, 0.3) is 0 Å². The van der Waals surface area contributed by atoms with Gasteiger partial charge >= 0.3 is 0 Å². The monoisotopic (exact) mass is 449 g/mol. The number of hydrogen-bond acceptors (Lipinski definition) is 3. The average Bonchev–Trinajstić information content (AvgIpc) is 3.11. The Labute approximate surface area is 178 Å². The lowest BCUT2D eigenvalue weighted by Crippen LogP contribution is -2.04. The molecule has 1 heterocycles. The van der Waals surface area contributed by atoms with Gasteiger partial charge in [-0.2, -0.15) is 0 Å². The van der Waals surface area contributed by atoms with Gasteiger partial charge in [0.05, 0.1) is 6.54 Å². The van der Waals surface area contributed by atoms with Crippen molar-refractivity contribution < 1.29 is 0 Å². The Kier molecular flexibility index (Phi) is 5.93. The fourth-order valence-electron chi connectivity index (χ4n) is 2.98. The molecule has 5 heteroatoms. The number of thioether (sulfide) groups is 1. The van der Waals surface area contributed by atoms with Gasteiger partial charge in [-0.3, -0.25) is 4.57 Å². The minimum atomic E-state index is 0.737. The van der Waals surface area contributed by atoms with E-state index in [0.29, 0.717) is 0 Å². The summed E-state index contributed by atoms with van der Waals surface area (Å²) in [5.41, 5.74) is 4.84. The molecular formula is C23H20BrN3S. The SMILES string of the molecule is Cc1ccc(CSc2nnc(-c3ccccc3Br)n2Cc2ccccc2)cc1. The van der Waals surface area contributed by atoms with Gasteiger partial charge in [0.2, 0.25) is 0 Å². The molecule has 0 radical (unpaired) electrons. The van der Waals surface area contributed by atoms with Crippen LogP contribution in [0.1, 0.15) is 16.7 Å². The summed E-state index contributed by atoms with van der Waals surface area (Å²) in [7, 11) is 0. The number of hydrogen-bond donors (Lipinski definition) is 0. The number of aromatic nitrogens is 3. The molecule has 0 atom stereocenters. The van der Waals surface area contributed by atoms with Crippen molar-refractivity contribution >= 4 is 27.7 Å². The highest BCUT2D eigenvalue weighted by Gasteiger charge is 2.16. The average molecular weight is 450 g/mol. The molecule has 4 rings (SSSR count). The highest BCUT2D eigenvalue weighted by Crippen LogP contribution is 2.31.